The molecule has 0 spiro atoms. The van der Waals surface area contributed by atoms with Crippen LogP contribution in [0.5, 0.6) is 0 Å². The summed E-state index contributed by atoms with van der Waals surface area (Å²) in [6.45, 7) is 3.25. The highest BCUT2D eigenvalue weighted by Gasteiger charge is 2.20. The fourth-order valence-electron chi connectivity index (χ4n) is 1.44. The standard InChI is InChI=1S/C12H18N2O3S/c1-9(2)18(16,17)12-7-6-10(8-14-12)4-3-5-11(13)15/h6-9H,3-5H2,1-2H3,(H2,13,15). The monoisotopic (exact) mass is 270 g/mol. The fourth-order valence-corrected chi connectivity index (χ4v) is 2.38. The van der Waals surface area contributed by atoms with E-state index in [9.17, 15) is 13.2 Å². The van der Waals surface area contributed by atoms with Crippen LogP contribution in [-0.2, 0) is 21.1 Å². The van der Waals surface area contributed by atoms with Crippen LogP contribution < -0.4 is 5.73 Å². The first kappa shape index (κ1) is 14.6. The maximum absolute atomic E-state index is 11.8. The van der Waals surface area contributed by atoms with Crippen LogP contribution >= 0.6 is 0 Å². The number of sulfone groups is 1. The lowest BCUT2D eigenvalue weighted by Crippen LogP contribution is -2.15. The minimum atomic E-state index is -3.31. The Morgan fingerprint density at radius 3 is 2.50 bits per heavy atom. The van der Waals surface area contributed by atoms with Crippen molar-refractivity contribution in [1.29, 1.82) is 0 Å². The molecule has 0 bridgehead atoms. The number of pyridine rings is 1. The second kappa shape index (κ2) is 5.95. The van der Waals surface area contributed by atoms with Gasteiger partial charge in [-0.25, -0.2) is 13.4 Å². The van der Waals surface area contributed by atoms with Gasteiger partial charge in [-0.1, -0.05) is 6.07 Å². The van der Waals surface area contributed by atoms with Crippen molar-refractivity contribution in [3.8, 4) is 0 Å². The minimum Gasteiger partial charge on any atom is -0.370 e. The van der Waals surface area contributed by atoms with E-state index in [1.54, 1.807) is 19.9 Å². The molecule has 6 heteroatoms. The zero-order chi connectivity index (χ0) is 13.8. The van der Waals surface area contributed by atoms with E-state index in [-0.39, 0.29) is 10.9 Å². The van der Waals surface area contributed by atoms with Gasteiger partial charge in [0.25, 0.3) is 0 Å². The molecule has 2 N–H and O–H groups in total. The van der Waals surface area contributed by atoms with Crippen molar-refractivity contribution in [1.82, 2.24) is 4.98 Å². The molecule has 5 nitrogen and oxygen atoms in total. The number of nitrogens with zero attached hydrogens (tertiary/aromatic N) is 1. The summed E-state index contributed by atoms with van der Waals surface area (Å²) >= 11 is 0. The zero-order valence-corrected chi connectivity index (χ0v) is 11.4. The molecule has 0 atom stereocenters. The summed E-state index contributed by atoms with van der Waals surface area (Å²) in [5, 5.41) is -0.387. The van der Waals surface area contributed by atoms with Gasteiger partial charge in [-0.05, 0) is 38.3 Å². The number of carbonyl (C=O) groups is 1. The van der Waals surface area contributed by atoms with E-state index >= 15 is 0 Å². The van der Waals surface area contributed by atoms with Crippen molar-refractivity contribution in [2.45, 2.75) is 43.4 Å². The quantitative estimate of drug-likeness (QED) is 0.837. The second-order valence-electron chi connectivity index (χ2n) is 4.42. The summed E-state index contributed by atoms with van der Waals surface area (Å²) in [7, 11) is -3.31. The van der Waals surface area contributed by atoms with E-state index < -0.39 is 15.1 Å². The number of nitrogens with two attached hydrogens (primary N) is 1. The zero-order valence-electron chi connectivity index (χ0n) is 10.6. The summed E-state index contributed by atoms with van der Waals surface area (Å²) in [6, 6.07) is 3.23. The van der Waals surface area contributed by atoms with Crippen LogP contribution in [0, 0.1) is 0 Å². The van der Waals surface area contributed by atoms with Gasteiger partial charge in [0.2, 0.25) is 5.91 Å². The highest BCUT2D eigenvalue weighted by atomic mass is 32.2. The summed E-state index contributed by atoms with van der Waals surface area (Å²) in [6.07, 6.45) is 3.17. The molecule has 1 aromatic rings. The number of aryl methyl sites for hydroxylation is 1. The fraction of sp³-hybridized carbons (Fsp3) is 0.500. The Bertz CT molecular complexity index is 507. The van der Waals surface area contributed by atoms with Crippen molar-refractivity contribution in [2.75, 3.05) is 0 Å². The van der Waals surface area contributed by atoms with Crippen LogP contribution in [0.4, 0.5) is 0 Å². The summed E-state index contributed by atoms with van der Waals surface area (Å²) in [5.74, 6) is -0.332. The lowest BCUT2D eigenvalue weighted by molar-refractivity contribution is -0.118. The Kier molecular flexibility index (Phi) is 4.84. The molecule has 1 heterocycles. The Labute approximate surface area is 107 Å². The number of amides is 1. The molecule has 1 rings (SSSR count). The normalized spacial score (nSPS) is 11.7. The van der Waals surface area contributed by atoms with Crippen LogP contribution in [-0.4, -0.2) is 24.6 Å². The average Bonchev–Trinajstić information content (AvgIpc) is 2.29. The molecule has 0 aliphatic rings. The van der Waals surface area contributed by atoms with Gasteiger partial charge >= 0.3 is 0 Å². The first-order valence-corrected chi connectivity index (χ1v) is 7.36. The Balaban J connectivity index is 2.72. The molecule has 0 saturated carbocycles. The largest absolute Gasteiger partial charge is 0.370 e. The van der Waals surface area contributed by atoms with Gasteiger partial charge in [0, 0.05) is 12.6 Å². The Hall–Kier alpha value is -1.43. The molecular weight excluding hydrogens is 252 g/mol. The molecule has 1 amide bonds. The molecule has 0 fully saturated rings. The van der Waals surface area contributed by atoms with E-state index in [1.807, 2.05) is 0 Å². The van der Waals surface area contributed by atoms with Crippen LogP contribution in [0.1, 0.15) is 32.3 Å². The molecule has 0 unspecified atom stereocenters. The summed E-state index contributed by atoms with van der Waals surface area (Å²) < 4.78 is 23.6. The molecule has 18 heavy (non-hydrogen) atoms. The number of aromatic nitrogens is 1. The molecule has 0 radical (unpaired) electrons. The maximum atomic E-state index is 11.8. The highest BCUT2D eigenvalue weighted by molar-refractivity contribution is 7.91. The number of hydrogen-bond acceptors (Lipinski definition) is 4. The van der Waals surface area contributed by atoms with Gasteiger partial charge < -0.3 is 5.73 Å². The smallest absolute Gasteiger partial charge is 0.217 e. The lowest BCUT2D eigenvalue weighted by Gasteiger charge is -2.07. The van der Waals surface area contributed by atoms with Crippen molar-refractivity contribution in [3.63, 3.8) is 0 Å². The molecule has 100 valence electrons. The average molecular weight is 270 g/mol. The number of carbonyl (C=O) groups excluding carboxylic acids is 1. The van der Waals surface area contributed by atoms with Crippen molar-refractivity contribution < 1.29 is 13.2 Å². The minimum absolute atomic E-state index is 0.0937. The molecule has 0 aromatic carbocycles. The SMILES string of the molecule is CC(C)S(=O)(=O)c1ccc(CCCC(N)=O)cn1. The predicted octanol–water partition coefficient (Wildman–Crippen LogP) is 1.07. The maximum Gasteiger partial charge on any atom is 0.217 e. The highest BCUT2D eigenvalue weighted by Crippen LogP contribution is 2.14. The molecule has 0 aliphatic carbocycles. The summed E-state index contributed by atoms with van der Waals surface area (Å²) in [5.41, 5.74) is 5.94. The lowest BCUT2D eigenvalue weighted by atomic mass is 10.1. The third-order valence-electron chi connectivity index (χ3n) is 2.60. The third-order valence-corrected chi connectivity index (χ3v) is 4.66. The number of primary amides is 1. The molecule has 0 saturated heterocycles. The van der Waals surface area contributed by atoms with Gasteiger partial charge in [0.15, 0.2) is 14.9 Å². The van der Waals surface area contributed by atoms with Crippen molar-refractivity contribution in [3.05, 3.63) is 23.9 Å². The molecule has 1 aromatic heterocycles. The van der Waals surface area contributed by atoms with E-state index in [1.165, 1.54) is 12.3 Å². The number of rotatable bonds is 6. The first-order chi connectivity index (χ1) is 8.34. The molecular formula is C12H18N2O3S. The van der Waals surface area contributed by atoms with Crippen LogP contribution in [0.2, 0.25) is 0 Å². The van der Waals surface area contributed by atoms with Crippen molar-refractivity contribution >= 4 is 15.7 Å². The Morgan fingerprint density at radius 1 is 1.39 bits per heavy atom. The van der Waals surface area contributed by atoms with E-state index in [4.69, 9.17) is 5.73 Å². The summed E-state index contributed by atoms with van der Waals surface area (Å²) in [4.78, 5) is 14.5. The Morgan fingerprint density at radius 2 is 2.06 bits per heavy atom. The van der Waals surface area contributed by atoms with Gasteiger partial charge in [0.1, 0.15) is 0 Å². The second-order valence-corrected chi connectivity index (χ2v) is 6.87. The predicted molar refractivity (Wildman–Crippen MR) is 68.7 cm³/mol. The van der Waals surface area contributed by atoms with Crippen LogP contribution in [0.25, 0.3) is 0 Å². The van der Waals surface area contributed by atoms with Gasteiger partial charge in [-0.2, -0.15) is 0 Å². The molecule has 0 aliphatic heterocycles. The van der Waals surface area contributed by atoms with Crippen LogP contribution in [0.3, 0.4) is 0 Å². The van der Waals surface area contributed by atoms with Gasteiger partial charge in [0.05, 0.1) is 5.25 Å². The first-order valence-electron chi connectivity index (χ1n) is 5.81. The van der Waals surface area contributed by atoms with E-state index in [0.29, 0.717) is 19.3 Å². The number of hydrogen-bond donors (Lipinski definition) is 1. The van der Waals surface area contributed by atoms with E-state index in [0.717, 1.165) is 5.56 Å². The third kappa shape index (κ3) is 3.80. The topological polar surface area (TPSA) is 90.1 Å². The van der Waals surface area contributed by atoms with Gasteiger partial charge in [-0.15, -0.1) is 0 Å². The van der Waals surface area contributed by atoms with Crippen LogP contribution in [0.15, 0.2) is 23.4 Å². The van der Waals surface area contributed by atoms with Crippen molar-refractivity contribution in [2.24, 2.45) is 5.73 Å². The van der Waals surface area contributed by atoms with E-state index in [2.05, 4.69) is 4.98 Å². The van der Waals surface area contributed by atoms with Gasteiger partial charge in [-0.3, -0.25) is 4.79 Å².